The number of rotatable bonds is 8. The minimum Gasteiger partial charge on any atom is -0.375 e. The Balaban J connectivity index is 0.00000341. The number of nitrogens with one attached hydrogen (secondary N) is 1. The maximum atomic E-state index is 12.1. The molecule has 0 bridgehead atoms. The Bertz CT molecular complexity index is 731. The zero-order valence-corrected chi connectivity index (χ0v) is 21.4. The number of anilines is 1. The van der Waals surface area contributed by atoms with Crippen LogP contribution in [-0.4, -0.2) is 99.6 Å². The number of hydrogen-bond donors (Lipinski definition) is 1. The summed E-state index contributed by atoms with van der Waals surface area (Å²) in [6.45, 7) is 6.01. The van der Waals surface area contributed by atoms with Crippen molar-refractivity contribution in [1.29, 1.82) is 0 Å². The lowest BCUT2D eigenvalue weighted by Crippen LogP contribution is -2.44. The molecular weight excluding hydrogens is 503 g/mol. The molecule has 1 aromatic carbocycles. The van der Waals surface area contributed by atoms with E-state index in [4.69, 9.17) is 0 Å². The van der Waals surface area contributed by atoms with Gasteiger partial charge in [0.15, 0.2) is 5.96 Å². The van der Waals surface area contributed by atoms with E-state index in [-0.39, 0.29) is 36.4 Å². The van der Waals surface area contributed by atoms with Crippen LogP contribution in [-0.2, 0) is 4.79 Å². The van der Waals surface area contributed by atoms with Crippen molar-refractivity contribution in [2.75, 3.05) is 71.9 Å². The highest BCUT2D eigenvalue weighted by atomic mass is 127. The average molecular weight is 540 g/mol. The Morgan fingerprint density at radius 1 is 1.16 bits per heavy atom. The molecule has 1 amide bonds. The van der Waals surface area contributed by atoms with Crippen molar-refractivity contribution >= 4 is 41.5 Å². The van der Waals surface area contributed by atoms with E-state index in [2.05, 4.69) is 68.5 Å². The van der Waals surface area contributed by atoms with Gasteiger partial charge in [-0.25, -0.2) is 4.99 Å². The van der Waals surface area contributed by atoms with Gasteiger partial charge in [-0.1, -0.05) is 30.4 Å². The summed E-state index contributed by atoms with van der Waals surface area (Å²) in [7, 11) is 5.67. The normalized spacial score (nSPS) is 18.7. The molecule has 2 aliphatic rings. The molecule has 1 fully saturated rings. The number of likely N-dealkylation sites (N-methyl/N-ethyl adjacent to an activating group) is 1. The van der Waals surface area contributed by atoms with Crippen LogP contribution in [0.1, 0.15) is 12.8 Å². The van der Waals surface area contributed by atoms with Crippen molar-refractivity contribution < 1.29 is 4.79 Å². The highest BCUT2D eigenvalue weighted by Gasteiger charge is 2.29. The Morgan fingerprint density at radius 3 is 2.55 bits per heavy atom. The minimum absolute atomic E-state index is 0. The topological polar surface area (TPSA) is 54.4 Å². The third-order valence-corrected chi connectivity index (χ3v) is 5.84. The average Bonchev–Trinajstić information content (AvgIpc) is 3.45. The van der Waals surface area contributed by atoms with Gasteiger partial charge in [0.2, 0.25) is 5.91 Å². The molecule has 2 aliphatic heterocycles. The number of likely N-dealkylation sites (tertiary alicyclic amines) is 1. The van der Waals surface area contributed by atoms with Gasteiger partial charge in [0.25, 0.3) is 0 Å². The van der Waals surface area contributed by atoms with E-state index in [1.807, 2.05) is 6.07 Å². The highest BCUT2D eigenvalue weighted by molar-refractivity contribution is 14.0. The molecule has 0 saturated carbocycles. The first kappa shape index (κ1) is 25.5. The van der Waals surface area contributed by atoms with Crippen LogP contribution in [0.3, 0.4) is 0 Å². The molecule has 3 rings (SSSR count). The van der Waals surface area contributed by atoms with E-state index in [1.54, 1.807) is 19.0 Å². The smallest absolute Gasteiger partial charge is 0.243 e. The van der Waals surface area contributed by atoms with Gasteiger partial charge >= 0.3 is 0 Å². The lowest BCUT2D eigenvalue weighted by Gasteiger charge is -2.26. The monoisotopic (exact) mass is 540 g/mol. The Labute approximate surface area is 204 Å². The zero-order chi connectivity index (χ0) is 21.3. The van der Waals surface area contributed by atoms with E-state index in [1.165, 1.54) is 5.69 Å². The van der Waals surface area contributed by atoms with Crippen molar-refractivity contribution in [2.24, 2.45) is 4.99 Å². The van der Waals surface area contributed by atoms with Crippen LogP contribution in [0.4, 0.5) is 5.69 Å². The van der Waals surface area contributed by atoms with Gasteiger partial charge in [-0.05, 0) is 25.0 Å². The number of halogens is 1. The van der Waals surface area contributed by atoms with E-state index in [9.17, 15) is 4.79 Å². The van der Waals surface area contributed by atoms with E-state index < -0.39 is 0 Å². The number of amides is 1. The molecular formula is C23H37IN6O. The van der Waals surface area contributed by atoms with Crippen LogP contribution in [0, 0.1) is 0 Å². The second-order valence-electron chi connectivity index (χ2n) is 8.28. The minimum atomic E-state index is 0. The molecule has 1 unspecified atom stereocenters. The summed E-state index contributed by atoms with van der Waals surface area (Å²) in [5.41, 5.74) is 1.23. The van der Waals surface area contributed by atoms with Crippen LogP contribution in [0.25, 0.3) is 0 Å². The first-order valence-electron chi connectivity index (χ1n) is 10.9. The number of aliphatic imine (C=N–C) groups is 1. The fourth-order valence-electron chi connectivity index (χ4n) is 3.90. The standard InChI is InChI=1S/C23H36N6O.HI/c1-26(2)22(30)18-25-23(29-17-12-21(19-29)28-15-7-8-16-28)24-13-9-14-27(3)20-10-5-4-6-11-20;/h4-8,10-11,21H,9,12-19H2,1-3H3,(H,24,25);1H. The molecule has 1 saturated heterocycles. The Hall–Kier alpha value is -1.81. The van der Waals surface area contributed by atoms with Crippen LogP contribution < -0.4 is 10.2 Å². The molecule has 1 N–H and O–H groups in total. The molecule has 0 aromatic heterocycles. The predicted octanol–water partition coefficient (Wildman–Crippen LogP) is 2.11. The van der Waals surface area contributed by atoms with E-state index >= 15 is 0 Å². The maximum Gasteiger partial charge on any atom is 0.243 e. The van der Waals surface area contributed by atoms with Crippen LogP contribution in [0.2, 0.25) is 0 Å². The lowest BCUT2D eigenvalue weighted by atomic mass is 10.2. The fourth-order valence-corrected chi connectivity index (χ4v) is 3.90. The summed E-state index contributed by atoms with van der Waals surface area (Å²) < 4.78 is 0. The molecule has 0 spiro atoms. The molecule has 172 valence electrons. The molecule has 31 heavy (non-hydrogen) atoms. The third kappa shape index (κ3) is 7.68. The second-order valence-corrected chi connectivity index (χ2v) is 8.28. The first-order chi connectivity index (χ1) is 14.5. The summed E-state index contributed by atoms with van der Waals surface area (Å²) in [4.78, 5) is 25.4. The number of nitrogens with zero attached hydrogens (tertiary/aromatic N) is 5. The maximum absolute atomic E-state index is 12.1. The number of carbonyl (C=O) groups is 1. The molecule has 7 nitrogen and oxygen atoms in total. The quantitative estimate of drug-likeness (QED) is 0.180. The largest absolute Gasteiger partial charge is 0.375 e. The van der Waals surface area contributed by atoms with Crippen molar-refractivity contribution in [1.82, 2.24) is 20.0 Å². The summed E-state index contributed by atoms with van der Waals surface area (Å²) in [5, 5.41) is 3.52. The number of benzene rings is 1. The Morgan fingerprint density at radius 2 is 1.87 bits per heavy atom. The van der Waals surface area contributed by atoms with Gasteiger partial charge < -0.3 is 20.0 Å². The molecule has 1 aromatic rings. The molecule has 1 atom stereocenters. The van der Waals surface area contributed by atoms with Gasteiger partial charge in [-0.3, -0.25) is 9.69 Å². The van der Waals surface area contributed by atoms with Gasteiger partial charge in [0, 0.05) is 72.1 Å². The highest BCUT2D eigenvalue weighted by Crippen LogP contribution is 2.18. The molecule has 2 heterocycles. The third-order valence-electron chi connectivity index (χ3n) is 5.84. The lowest BCUT2D eigenvalue weighted by molar-refractivity contribution is -0.127. The van der Waals surface area contributed by atoms with E-state index in [0.29, 0.717) is 6.04 Å². The Kier molecular flexibility index (Phi) is 10.6. The SMILES string of the molecule is CN(C)C(=O)CN=C(NCCCN(C)c1ccccc1)N1CCC(N2CC=CC2)C1.I. The van der Waals surface area contributed by atoms with Gasteiger partial charge in [-0.15, -0.1) is 24.0 Å². The molecule has 8 heteroatoms. The zero-order valence-electron chi connectivity index (χ0n) is 19.0. The van der Waals surface area contributed by atoms with E-state index in [0.717, 1.165) is 58.1 Å². The summed E-state index contributed by atoms with van der Waals surface area (Å²) in [5.74, 6) is 0.889. The second kappa shape index (κ2) is 12.9. The number of para-hydroxylation sites is 1. The van der Waals surface area contributed by atoms with Gasteiger partial charge in [0.05, 0.1) is 0 Å². The van der Waals surface area contributed by atoms with Crippen molar-refractivity contribution in [3.8, 4) is 0 Å². The molecule has 0 radical (unpaired) electrons. The van der Waals surface area contributed by atoms with Crippen LogP contribution in [0.5, 0.6) is 0 Å². The number of hydrogen-bond acceptors (Lipinski definition) is 4. The predicted molar refractivity (Wildman–Crippen MR) is 139 cm³/mol. The van der Waals surface area contributed by atoms with Crippen molar-refractivity contribution in [3.05, 3.63) is 42.5 Å². The van der Waals surface area contributed by atoms with Crippen molar-refractivity contribution in [2.45, 2.75) is 18.9 Å². The summed E-state index contributed by atoms with van der Waals surface area (Å²) >= 11 is 0. The number of guanidine groups is 1. The van der Waals surface area contributed by atoms with Crippen molar-refractivity contribution in [3.63, 3.8) is 0 Å². The van der Waals surface area contributed by atoms with Gasteiger partial charge in [0.1, 0.15) is 6.54 Å². The number of carbonyl (C=O) groups excluding carboxylic acids is 1. The first-order valence-corrected chi connectivity index (χ1v) is 10.9. The summed E-state index contributed by atoms with van der Waals surface area (Å²) in [6, 6.07) is 11.0. The fraction of sp³-hybridized carbons (Fsp3) is 0.565. The molecule has 0 aliphatic carbocycles. The van der Waals surface area contributed by atoms with Crippen LogP contribution in [0.15, 0.2) is 47.5 Å². The van der Waals surface area contributed by atoms with Gasteiger partial charge in [-0.2, -0.15) is 0 Å². The van der Waals surface area contributed by atoms with Crippen LogP contribution >= 0.6 is 24.0 Å². The summed E-state index contributed by atoms with van der Waals surface area (Å²) in [6.07, 6.45) is 6.63.